The Bertz CT molecular complexity index is 1640. The van der Waals surface area contributed by atoms with E-state index in [1.54, 1.807) is 0 Å². The maximum absolute atomic E-state index is 12.8. The maximum atomic E-state index is 12.8. The largest absolute Gasteiger partial charge is 0.462 e. The number of carbonyl (C=O) groups is 3. The van der Waals surface area contributed by atoms with Gasteiger partial charge in [0.05, 0.1) is 0 Å². The lowest BCUT2D eigenvalue weighted by Gasteiger charge is -2.18. The Morgan fingerprint density at radius 2 is 0.541 bits per heavy atom. The third kappa shape index (κ3) is 58.2. The van der Waals surface area contributed by atoms with E-state index >= 15 is 0 Å². The van der Waals surface area contributed by atoms with Crippen molar-refractivity contribution in [3.63, 3.8) is 0 Å². The molecule has 0 amide bonds. The monoisotopic (exact) mass is 1020 g/mol. The first kappa shape index (κ1) is 69.3. The summed E-state index contributed by atoms with van der Waals surface area (Å²) in [5, 5.41) is 0. The lowest BCUT2D eigenvalue weighted by atomic mass is 10.1. The van der Waals surface area contributed by atoms with Crippen molar-refractivity contribution in [2.24, 2.45) is 0 Å². The zero-order valence-corrected chi connectivity index (χ0v) is 47.5. The summed E-state index contributed by atoms with van der Waals surface area (Å²) in [6.07, 6.45) is 87.2. The van der Waals surface area contributed by atoms with Gasteiger partial charge in [-0.2, -0.15) is 0 Å². The van der Waals surface area contributed by atoms with Gasteiger partial charge in [0.1, 0.15) is 13.2 Å². The Morgan fingerprint density at radius 1 is 0.284 bits per heavy atom. The smallest absolute Gasteiger partial charge is 0.306 e. The van der Waals surface area contributed by atoms with Gasteiger partial charge in [-0.1, -0.05) is 244 Å². The molecule has 0 aliphatic rings. The van der Waals surface area contributed by atoms with Crippen LogP contribution in [-0.2, 0) is 28.6 Å². The van der Waals surface area contributed by atoms with E-state index < -0.39 is 6.10 Å². The van der Waals surface area contributed by atoms with Crippen LogP contribution in [0.5, 0.6) is 0 Å². The Labute approximate surface area is 455 Å². The molecule has 0 saturated heterocycles. The van der Waals surface area contributed by atoms with Crippen molar-refractivity contribution in [3.05, 3.63) is 146 Å². The molecule has 74 heavy (non-hydrogen) atoms. The van der Waals surface area contributed by atoms with Gasteiger partial charge < -0.3 is 14.2 Å². The number of allylic oxidation sites excluding steroid dienone is 24. The molecule has 0 radical (unpaired) electrons. The Hall–Kier alpha value is -4.71. The Morgan fingerprint density at radius 3 is 0.878 bits per heavy atom. The predicted molar refractivity (Wildman–Crippen MR) is 320 cm³/mol. The average molecular weight is 1020 g/mol. The minimum absolute atomic E-state index is 0.110. The summed E-state index contributed by atoms with van der Waals surface area (Å²) >= 11 is 0. The molecule has 0 aromatic heterocycles. The summed E-state index contributed by atoms with van der Waals surface area (Å²) in [6.45, 7) is 6.28. The summed E-state index contributed by atoms with van der Waals surface area (Å²) in [7, 11) is 0. The first-order chi connectivity index (χ1) is 36.5. The fourth-order valence-corrected chi connectivity index (χ4v) is 7.66. The predicted octanol–water partition coefficient (Wildman–Crippen LogP) is 20.4. The highest BCUT2D eigenvalue weighted by Gasteiger charge is 2.19. The molecular formula is C68H108O6. The number of carbonyl (C=O) groups excluding carboxylic acids is 3. The third-order valence-electron chi connectivity index (χ3n) is 12.0. The molecule has 0 saturated carbocycles. The second-order valence-electron chi connectivity index (χ2n) is 19.1. The number of esters is 3. The van der Waals surface area contributed by atoms with E-state index in [-0.39, 0.29) is 37.5 Å². The summed E-state index contributed by atoms with van der Waals surface area (Å²) in [4.78, 5) is 38.1. The third-order valence-corrected chi connectivity index (χ3v) is 12.0. The molecule has 0 bridgehead atoms. The molecule has 416 valence electrons. The molecule has 1 atom stereocenters. The van der Waals surface area contributed by atoms with Crippen LogP contribution in [0.1, 0.15) is 245 Å². The van der Waals surface area contributed by atoms with E-state index in [0.717, 1.165) is 141 Å². The summed E-state index contributed by atoms with van der Waals surface area (Å²) in [5.41, 5.74) is 0. The van der Waals surface area contributed by atoms with Gasteiger partial charge in [-0.3, -0.25) is 14.4 Å². The van der Waals surface area contributed by atoms with Gasteiger partial charge in [0.15, 0.2) is 6.10 Å². The summed E-state index contributed by atoms with van der Waals surface area (Å²) < 4.78 is 16.8. The molecule has 0 N–H and O–H groups in total. The number of hydrogen-bond acceptors (Lipinski definition) is 6. The standard InChI is InChI=1S/C68H108O6/c1-4-7-10-13-16-19-22-24-26-28-29-30-31-32-33-34-35-36-37-38-39-41-42-44-46-49-52-55-58-61-67(70)73-64-65(63-72-66(69)60-57-54-51-48-21-18-15-12-9-6-3)74-68(71)62-59-56-53-50-47-45-43-40-27-25-23-20-17-14-11-8-5-2/h7-8,10-12,15-17,19-20,24-27,29-30,32-33,35-36,43,45,50,53,65H,4-6,9,13-14,18,21-23,28,31,34,37-42,44,46-49,51-52,54-64H2,1-3H3/b10-7-,11-8-,15-12-,19-16-,20-17-,26-24-,27-25-,30-29-,33-32-,36-35-,45-43-,53-50-. The van der Waals surface area contributed by atoms with Crippen molar-refractivity contribution in [1.29, 1.82) is 0 Å². The van der Waals surface area contributed by atoms with Crippen molar-refractivity contribution >= 4 is 17.9 Å². The molecule has 6 nitrogen and oxygen atoms in total. The number of unbranched alkanes of at least 4 members (excludes halogenated alkanes) is 17. The molecular weight excluding hydrogens is 913 g/mol. The van der Waals surface area contributed by atoms with E-state index in [2.05, 4.69) is 167 Å². The molecule has 0 rings (SSSR count). The topological polar surface area (TPSA) is 78.9 Å². The van der Waals surface area contributed by atoms with Crippen molar-refractivity contribution in [3.8, 4) is 0 Å². The molecule has 0 spiro atoms. The van der Waals surface area contributed by atoms with Gasteiger partial charge in [-0.15, -0.1) is 0 Å². The van der Waals surface area contributed by atoms with E-state index in [1.807, 2.05) is 0 Å². The lowest BCUT2D eigenvalue weighted by molar-refractivity contribution is -0.167. The normalized spacial score (nSPS) is 13.2. The molecule has 1 unspecified atom stereocenters. The molecule has 6 heteroatoms. The molecule has 0 aliphatic carbocycles. The van der Waals surface area contributed by atoms with Crippen LogP contribution in [-0.4, -0.2) is 37.2 Å². The van der Waals surface area contributed by atoms with Crippen LogP contribution in [0, 0.1) is 0 Å². The van der Waals surface area contributed by atoms with Gasteiger partial charge in [0, 0.05) is 19.3 Å². The fraction of sp³-hybridized carbons (Fsp3) is 0.603. The number of hydrogen-bond donors (Lipinski definition) is 0. The van der Waals surface area contributed by atoms with E-state index in [0.29, 0.717) is 19.3 Å². The van der Waals surface area contributed by atoms with Crippen LogP contribution < -0.4 is 0 Å². The minimum Gasteiger partial charge on any atom is -0.462 e. The van der Waals surface area contributed by atoms with Crippen molar-refractivity contribution in [2.45, 2.75) is 252 Å². The first-order valence-corrected chi connectivity index (χ1v) is 29.8. The minimum atomic E-state index is -0.818. The molecule has 0 aromatic rings. The highest BCUT2D eigenvalue weighted by Crippen LogP contribution is 2.14. The number of ether oxygens (including phenoxy) is 3. The van der Waals surface area contributed by atoms with Crippen molar-refractivity contribution < 1.29 is 28.6 Å². The maximum Gasteiger partial charge on any atom is 0.306 e. The van der Waals surface area contributed by atoms with E-state index in [9.17, 15) is 14.4 Å². The van der Waals surface area contributed by atoms with Crippen molar-refractivity contribution in [1.82, 2.24) is 0 Å². The quantitative estimate of drug-likeness (QED) is 0.0261. The molecule has 0 aromatic carbocycles. The van der Waals surface area contributed by atoms with E-state index in [4.69, 9.17) is 14.2 Å². The second kappa shape index (κ2) is 60.8. The summed E-state index contributed by atoms with van der Waals surface area (Å²) in [5.74, 6) is -0.990. The number of rotatable bonds is 52. The van der Waals surface area contributed by atoms with Crippen LogP contribution in [0.25, 0.3) is 0 Å². The van der Waals surface area contributed by atoms with E-state index in [1.165, 1.54) is 57.8 Å². The highest BCUT2D eigenvalue weighted by atomic mass is 16.6. The highest BCUT2D eigenvalue weighted by molar-refractivity contribution is 5.71. The van der Waals surface area contributed by atoms with Crippen LogP contribution >= 0.6 is 0 Å². The second-order valence-corrected chi connectivity index (χ2v) is 19.1. The average Bonchev–Trinajstić information content (AvgIpc) is 3.40. The van der Waals surface area contributed by atoms with Gasteiger partial charge in [0.25, 0.3) is 0 Å². The zero-order chi connectivity index (χ0) is 53.6. The van der Waals surface area contributed by atoms with Crippen LogP contribution in [0.15, 0.2) is 146 Å². The van der Waals surface area contributed by atoms with Gasteiger partial charge in [-0.25, -0.2) is 0 Å². The SMILES string of the molecule is CC/C=C\C/C=C\C/C=C\C/C=C\C/C=C\C/C=C\CCCCCCCCCCCCC(=O)OCC(COC(=O)CCCCCCC/C=C\CCC)OC(=O)CCC/C=C\C/C=C\C/C=C\C/C=C\C/C=C\CC. The van der Waals surface area contributed by atoms with Gasteiger partial charge >= 0.3 is 17.9 Å². The van der Waals surface area contributed by atoms with Crippen LogP contribution in [0.4, 0.5) is 0 Å². The molecule has 0 fully saturated rings. The Balaban J connectivity index is 4.32. The first-order valence-electron chi connectivity index (χ1n) is 29.8. The van der Waals surface area contributed by atoms with Crippen molar-refractivity contribution in [2.75, 3.05) is 13.2 Å². The molecule has 0 heterocycles. The van der Waals surface area contributed by atoms with Gasteiger partial charge in [0.2, 0.25) is 0 Å². The van der Waals surface area contributed by atoms with Gasteiger partial charge in [-0.05, 0) is 128 Å². The van der Waals surface area contributed by atoms with Crippen LogP contribution in [0.3, 0.4) is 0 Å². The fourth-order valence-electron chi connectivity index (χ4n) is 7.66. The summed E-state index contributed by atoms with van der Waals surface area (Å²) in [6, 6.07) is 0. The zero-order valence-electron chi connectivity index (χ0n) is 47.5. The molecule has 0 aliphatic heterocycles. The Kier molecular flexibility index (Phi) is 57.0. The lowest BCUT2D eigenvalue weighted by Crippen LogP contribution is -2.30. The van der Waals surface area contributed by atoms with Crippen LogP contribution in [0.2, 0.25) is 0 Å².